The first-order valence-corrected chi connectivity index (χ1v) is 8.26. The molecule has 2 heterocycles. The number of fused-ring (bicyclic) bond motifs is 1. The summed E-state index contributed by atoms with van der Waals surface area (Å²) >= 11 is 0. The average molecular weight is 316 g/mol. The second-order valence-corrected chi connectivity index (χ2v) is 6.18. The van der Waals surface area contributed by atoms with Crippen LogP contribution < -0.4 is 10.6 Å². The minimum absolute atomic E-state index is 0.310. The summed E-state index contributed by atoms with van der Waals surface area (Å²) in [7, 11) is 0. The normalized spacial score (nSPS) is 15.7. The monoisotopic (exact) mass is 316 g/mol. The molecule has 2 aromatic rings. The second-order valence-electron chi connectivity index (χ2n) is 6.18. The Kier molecular flexibility index (Phi) is 4.93. The molecule has 3 N–H and O–H groups in total. The number of nitrogens with zero attached hydrogens (tertiary/aromatic N) is 2. The van der Waals surface area contributed by atoms with Gasteiger partial charge >= 0.3 is 0 Å². The first-order chi connectivity index (χ1) is 11.2. The quantitative estimate of drug-likeness (QED) is 0.642. The van der Waals surface area contributed by atoms with Crippen LogP contribution in [0.25, 0.3) is 11.0 Å². The highest BCUT2D eigenvalue weighted by Gasteiger charge is 2.24. The maximum absolute atomic E-state index is 11.0. The van der Waals surface area contributed by atoms with Crippen LogP contribution in [0.15, 0.2) is 24.5 Å². The molecule has 3 rings (SSSR count). The van der Waals surface area contributed by atoms with E-state index in [4.69, 9.17) is 5.11 Å². The number of aliphatic hydroxyl groups excluding tert-OH is 1. The summed E-state index contributed by atoms with van der Waals surface area (Å²) in [6, 6.07) is 5.06. The van der Waals surface area contributed by atoms with Crippen LogP contribution in [0.2, 0.25) is 0 Å². The summed E-state index contributed by atoms with van der Waals surface area (Å²) in [5, 5.41) is 16.2. The maximum atomic E-state index is 11.0. The number of carbonyl (C=O) groups is 1. The summed E-state index contributed by atoms with van der Waals surface area (Å²) in [6.45, 7) is 3.08. The van der Waals surface area contributed by atoms with Crippen LogP contribution in [0.3, 0.4) is 0 Å². The lowest BCUT2D eigenvalue weighted by Gasteiger charge is -2.12. The Morgan fingerprint density at radius 3 is 3.09 bits per heavy atom. The van der Waals surface area contributed by atoms with Crippen LogP contribution in [0.4, 0.5) is 0 Å². The Hall–Kier alpha value is -1.92. The van der Waals surface area contributed by atoms with Gasteiger partial charge in [0.05, 0.1) is 0 Å². The van der Waals surface area contributed by atoms with E-state index in [1.807, 2.05) is 12.3 Å². The van der Waals surface area contributed by atoms with Crippen molar-refractivity contribution < 1.29 is 9.90 Å². The molecular formula is C17H24N4O2. The largest absolute Gasteiger partial charge is 0.387 e. The molecule has 0 bridgehead atoms. The van der Waals surface area contributed by atoms with Crippen LogP contribution in [0.1, 0.15) is 37.8 Å². The number of rotatable bonds is 8. The molecule has 1 amide bonds. The molecule has 0 aliphatic heterocycles. The summed E-state index contributed by atoms with van der Waals surface area (Å²) in [5.41, 5.74) is 2.26. The number of aryl methyl sites for hydroxylation is 1. The van der Waals surface area contributed by atoms with Crippen molar-refractivity contribution in [3.05, 3.63) is 30.1 Å². The Balaban J connectivity index is 1.70. The predicted octanol–water partition coefficient (Wildman–Crippen LogP) is 1.35. The summed E-state index contributed by atoms with van der Waals surface area (Å²) in [6.07, 6.45) is 7.33. The van der Waals surface area contributed by atoms with Gasteiger partial charge in [-0.3, -0.25) is 4.79 Å². The lowest BCUT2D eigenvalue weighted by Crippen LogP contribution is -2.27. The summed E-state index contributed by atoms with van der Waals surface area (Å²) < 4.78 is 2.15. The molecule has 124 valence electrons. The van der Waals surface area contributed by atoms with E-state index in [2.05, 4.69) is 39.4 Å². The van der Waals surface area contributed by atoms with Gasteiger partial charge in [-0.05, 0) is 43.9 Å². The number of pyridine rings is 1. The zero-order chi connectivity index (χ0) is 16.2. The van der Waals surface area contributed by atoms with Gasteiger partial charge < -0.3 is 20.3 Å². The summed E-state index contributed by atoms with van der Waals surface area (Å²) in [4.78, 5) is 15.6. The molecule has 6 heteroatoms. The molecule has 23 heavy (non-hydrogen) atoms. The van der Waals surface area contributed by atoms with Crippen molar-refractivity contribution in [2.45, 2.75) is 44.8 Å². The van der Waals surface area contributed by atoms with E-state index in [9.17, 15) is 4.79 Å². The van der Waals surface area contributed by atoms with Crippen LogP contribution in [-0.4, -0.2) is 39.8 Å². The molecule has 1 atom stereocenters. The molecule has 0 aromatic carbocycles. The standard InChI is InChI=1S/C17H24N4O2/c1-12(20-13-5-6-13)15-10-21(9-3-8-18-16(23)11-22)17-14(15)4-2-7-19-17/h2,4,7,10,12-13,20,22H,3,5-6,8-9,11H2,1H3,(H,18,23). The first-order valence-electron chi connectivity index (χ1n) is 8.26. The van der Waals surface area contributed by atoms with Gasteiger partial charge in [0.2, 0.25) is 5.91 Å². The van der Waals surface area contributed by atoms with Crippen molar-refractivity contribution in [2.75, 3.05) is 13.2 Å². The smallest absolute Gasteiger partial charge is 0.245 e. The molecular weight excluding hydrogens is 292 g/mol. The number of aliphatic hydroxyl groups is 1. The van der Waals surface area contributed by atoms with Crippen molar-refractivity contribution >= 4 is 16.9 Å². The molecule has 1 aliphatic rings. The summed E-state index contributed by atoms with van der Waals surface area (Å²) in [5.74, 6) is -0.330. The molecule has 1 aliphatic carbocycles. The van der Waals surface area contributed by atoms with Gasteiger partial charge in [0.25, 0.3) is 0 Å². The zero-order valence-electron chi connectivity index (χ0n) is 13.5. The van der Waals surface area contributed by atoms with E-state index >= 15 is 0 Å². The molecule has 1 fully saturated rings. The van der Waals surface area contributed by atoms with Crippen LogP contribution in [0, 0.1) is 0 Å². The molecule has 0 spiro atoms. The Labute approximate surface area is 135 Å². The molecule has 2 aromatic heterocycles. The third-order valence-corrected chi connectivity index (χ3v) is 4.24. The fourth-order valence-electron chi connectivity index (χ4n) is 2.89. The highest BCUT2D eigenvalue weighted by molar-refractivity contribution is 5.81. The fraction of sp³-hybridized carbons (Fsp3) is 0.529. The van der Waals surface area contributed by atoms with Gasteiger partial charge in [-0.15, -0.1) is 0 Å². The Morgan fingerprint density at radius 1 is 1.52 bits per heavy atom. The highest BCUT2D eigenvalue weighted by Crippen LogP contribution is 2.29. The average Bonchev–Trinajstić information content (AvgIpc) is 3.30. The van der Waals surface area contributed by atoms with Gasteiger partial charge in [0.15, 0.2) is 0 Å². The van der Waals surface area contributed by atoms with Crippen LogP contribution in [0.5, 0.6) is 0 Å². The molecule has 6 nitrogen and oxygen atoms in total. The van der Waals surface area contributed by atoms with Gasteiger partial charge in [-0.1, -0.05) is 0 Å². The minimum atomic E-state index is -0.456. The molecule has 1 saturated carbocycles. The molecule has 1 unspecified atom stereocenters. The van der Waals surface area contributed by atoms with Crippen molar-refractivity contribution in [2.24, 2.45) is 0 Å². The van der Waals surface area contributed by atoms with E-state index in [1.165, 1.54) is 23.8 Å². The van der Waals surface area contributed by atoms with E-state index < -0.39 is 6.61 Å². The van der Waals surface area contributed by atoms with Crippen LogP contribution in [-0.2, 0) is 11.3 Å². The number of nitrogens with one attached hydrogen (secondary N) is 2. The van der Waals surface area contributed by atoms with Crippen molar-refractivity contribution in [1.82, 2.24) is 20.2 Å². The fourth-order valence-corrected chi connectivity index (χ4v) is 2.89. The van der Waals surface area contributed by atoms with Gasteiger partial charge in [-0.25, -0.2) is 4.98 Å². The van der Waals surface area contributed by atoms with Gasteiger partial charge in [0.1, 0.15) is 12.3 Å². The zero-order valence-corrected chi connectivity index (χ0v) is 13.5. The molecule has 0 saturated heterocycles. The van der Waals surface area contributed by atoms with E-state index in [0.29, 0.717) is 18.6 Å². The van der Waals surface area contributed by atoms with Crippen molar-refractivity contribution in [3.63, 3.8) is 0 Å². The predicted molar refractivity (Wildman–Crippen MR) is 89.0 cm³/mol. The number of hydrogen-bond donors (Lipinski definition) is 3. The first kappa shape index (κ1) is 16.0. The SMILES string of the molecule is CC(NC1CC1)c1cn(CCCNC(=O)CO)c2ncccc12. The van der Waals surface area contributed by atoms with Gasteiger partial charge in [0, 0.05) is 43.0 Å². The third-order valence-electron chi connectivity index (χ3n) is 4.24. The van der Waals surface area contributed by atoms with E-state index in [-0.39, 0.29) is 5.91 Å². The lowest BCUT2D eigenvalue weighted by atomic mass is 10.1. The van der Waals surface area contributed by atoms with Crippen molar-refractivity contribution in [3.8, 4) is 0 Å². The highest BCUT2D eigenvalue weighted by atomic mass is 16.3. The number of hydrogen-bond acceptors (Lipinski definition) is 4. The number of aromatic nitrogens is 2. The van der Waals surface area contributed by atoms with Gasteiger partial charge in [-0.2, -0.15) is 0 Å². The topological polar surface area (TPSA) is 79.2 Å². The second kappa shape index (κ2) is 7.10. The third kappa shape index (κ3) is 3.89. The van der Waals surface area contributed by atoms with E-state index in [0.717, 1.165) is 18.6 Å². The number of carbonyl (C=O) groups excluding carboxylic acids is 1. The Bertz CT molecular complexity index is 678. The van der Waals surface area contributed by atoms with Crippen LogP contribution >= 0.6 is 0 Å². The van der Waals surface area contributed by atoms with Crippen molar-refractivity contribution in [1.29, 1.82) is 0 Å². The lowest BCUT2D eigenvalue weighted by molar-refractivity contribution is -0.123. The number of amides is 1. The Morgan fingerprint density at radius 2 is 2.35 bits per heavy atom. The maximum Gasteiger partial charge on any atom is 0.245 e. The molecule has 0 radical (unpaired) electrons. The van der Waals surface area contributed by atoms with E-state index in [1.54, 1.807) is 0 Å². The minimum Gasteiger partial charge on any atom is -0.387 e.